The van der Waals surface area contributed by atoms with Crippen LogP contribution in [0.25, 0.3) is 22.2 Å². The van der Waals surface area contributed by atoms with Crippen LogP contribution >= 0.6 is 11.6 Å². The standard InChI is InChI=1S/C23H15ClN4O4/c24-16-10-15(22(29)21(11-16)28(31)32)13-25-27-23(30)18-12-20(14-6-2-1-3-7-14)26-19-9-5-4-8-17(18)19/h1-13,29H,(H,27,30)/b25-13+. The number of amides is 1. The molecule has 4 rings (SSSR count). The molecule has 0 aliphatic rings. The molecule has 32 heavy (non-hydrogen) atoms. The molecule has 0 fully saturated rings. The molecule has 0 bridgehead atoms. The fourth-order valence-corrected chi connectivity index (χ4v) is 3.40. The van der Waals surface area contributed by atoms with E-state index in [1.807, 2.05) is 42.5 Å². The van der Waals surface area contributed by atoms with Crippen molar-refractivity contribution in [2.75, 3.05) is 0 Å². The number of halogens is 1. The smallest absolute Gasteiger partial charge is 0.312 e. The molecule has 0 aliphatic heterocycles. The third-order valence-corrected chi connectivity index (χ3v) is 4.90. The molecule has 0 unspecified atom stereocenters. The van der Waals surface area contributed by atoms with Crippen molar-refractivity contribution in [3.63, 3.8) is 0 Å². The number of para-hydroxylation sites is 1. The second-order valence-electron chi connectivity index (χ2n) is 6.76. The van der Waals surface area contributed by atoms with Crippen LogP contribution in [0.3, 0.4) is 0 Å². The number of hydrazone groups is 1. The van der Waals surface area contributed by atoms with Gasteiger partial charge in [0.15, 0.2) is 0 Å². The van der Waals surface area contributed by atoms with Crippen molar-refractivity contribution in [3.8, 4) is 17.0 Å². The average Bonchev–Trinajstić information content (AvgIpc) is 2.80. The molecule has 9 heteroatoms. The molecular weight excluding hydrogens is 432 g/mol. The minimum atomic E-state index is -0.759. The molecule has 0 saturated carbocycles. The van der Waals surface area contributed by atoms with E-state index in [2.05, 4.69) is 15.5 Å². The van der Waals surface area contributed by atoms with Gasteiger partial charge in [-0.3, -0.25) is 14.9 Å². The molecule has 1 aromatic heterocycles. The Morgan fingerprint density at radius 2 is 1.81 bits per heavy atom. The number of phenols is 1. The van der Waals surface area contributed by atoms with E-state index in [9.17, 15) is 20.0 Å². The largest absolute Gasteiger partial charge is 0.502 e. The number of nitrogens with one attached hydrogen (secondary N) is 1. The second kappa shape index (κ2) is 8.83. The van der Waals surface area contributed by atoms with Crippen LogP contribution in [0.4, 0.5) is 5.69 Å². The lowest BCUT2D eigenvalue weighted by molar-refractivity contribution is -0.385. The highest BCUT2D eigenvalue weighted by molar-refractivity contribution is 6.31. The fraction of sp³-hybridized carbons (Fsp3) is 0. The number of hydrogen-bond acceptors (Lipinski definition) is 6. The van der Waals surface area contributed by atoms with Crippen molar-refractivity contribution in [2.45, 2.75) is 0 Å². The fourth-order valence-electron chi connectivity index (χ4n) is 3.18. The molecule has 0 spiro atoms. The maximum Gasteiger partial charge on any atom is 0.312 e. The van der Waals surface area contributed by atoms with Crippen LogP contribution in [-0.4, -0.2) is 27.1 Å². The Labute approximate surface area is 187 Å². The van der Waals surface area contributed by atoms with Gasteiger partial charge in [-0.2, -0.15) is 5.10 Å². The molecular formula is C23H15ClN4O4. The molecule has 0 atom stereocenters. The quantitative estimate of drug-likeness (QED) is 0.256. The lowest BCUT2D eigenvalue weighted by atomic mass is 10.0. The third kappa shape index (κ3) is 4.26. The van der Waals surface area contributed by atoms with Crippen LogP contribution in [0, 0.1) is 10.1 Å². The van der Waals surface area contributed by atoms with E-state index in [-0.39, 0.29) is 10.6 Å². The van der Waals surface area contributed by atoms with Crippen LogP contribution in [0.2, 0.25) is 5.02 Å². The van der Waals surface area contributed by atoms with Crippen molar-refractivity contribution in [2.24, 2.45) is 5.10 Å². The van der Waals surface area contributed by atoms with Crippen molar-refractivity contribution in [3.05, 3.63) is 99.1 Å². The van der Waals surface area contributed by atoms with Gasteiger partial charge in [0.05, 0.1) is 27.9 Å². The number of aromatic hydroxyl groups is 1. The highest BCUT2D eigenvalue weighted by Gasteiger charge is 2.18. The number of nitro benzene ring substituents is 1. The molecule has 1 amide bonds. The van der Waals surface area contributed by atoms with Crippen LogP contribution in [0.5, 0.6) is 5.75 Å². The zero-order valence-electron chi connectivity index (χ0n) is 16.4. The van der Waals surface area contributed by atoms with Crippen molar-refractivity contribution in [1.29, 1.82) is 0 Å². The van der Waals surface area contributed by atoms with Gasteiger partial charge in [0.2, 0.25) is 5.75 Å². The van der Waals surface area contributed by atoms with Crippen molar-refractivity contribution >= 4 is 40.3 Å². The van der Waals surface area contributed by atoms with Gasteiger partial charge in [0.1, 0.15) is 0 Å². The summed E-state index contributed by atoms with van der Waals surface area (Å²) in [4.78, 5) is 27.8. The Balaban J connectivity index is 1.67. The van der Waals surface area contributed by atoms with Crippen molar-refractivity contribution in [1.82, 2.24) is 10.4 Å². The maximum atomic E-state index is 12.9. The van der Waals surface area contributed by atoms with Crippen LogP contribution < -0.4 is 5.43 Å². The highest BCUT2D eigenvalue weighted by Crippen LogP contribution is 2.32. The number of nitrogens with zero attached hydrogens (tertiary/aromatic N) is 3. The first-order chi connectivity index (χ1) is 15.4. The summed E-state index contributed by atoms with van der Waals surface area (Å²) in [6, 6.07) is 20.7. The van der Waals surface area contributed by atoms with Gasteiger partial charge in [-0.1, -0.05) is 60.1 Å². The predicted molar refractivity (Wildman–Crippen MR) is 122 cm³/mol. The minimum Gasteiger partial charge on any atom is -0.502 e. The molecule has 2 N–H and O–H groups in total. The van der Waals surface area contributed by atoms with E-state index in [1.54, 1.807) is 18.2 Å². The summed E-state index contributed by atoms with van der Waals surface area (Å²) in [5.74, 6) is -1.11. The number of carbonyl (C=O) groups is 1. The summed E-state index contributed by atoms with van der Waals surface area (Å²) < 4.78 is 0. The van der Waals surface area contributed by atoms with E-state index >= 15 is 0 Å². The summed E-state index contributed by atoms with van der Waals surface area (Å²) in [6.45, 7) is 0. The summed E-state index contributed by atoms with van der Waals surface area (Å²) in [5, 5.41) is 25.6. The van der Waals surface area contributed by atoms with Gasteiger partial charge < -0.3 is 5.11 Å². The first kappa shape index (κ1) is 21.0. The summed E-state index contributed by atoms with van der Waals surface area (Å²) in [7, 11) is 0. The topological polar surface area (TPSA) is 118 Å². The number of aromatic nitrogens is 1. The lowest BCUT2D eigenvalue weighted by Gasteiger charge is -2.09. The lowest BCUT2D eigenvalue weighted by Crippen LogP contribution is -2.18. The number of hydrogen-bond donors (Lipinski definition) is 2. The number of fused-ring (bicyclic) bond motifs is 1. The van der Waals surface area contributed by atoms with Gasteiger partial charge in [-0.25, -0.2) is 10.4 Å². The number of carbonyl (C=O) groups excluding carboxylic acids is 1. The molecule has 0 aliphatic carbocycles. The average molecular weight is 447 g/mol. The Hall–Kier alpha value is -4.30. The van der Waals surface area contributed by atoms with E-state index in [0.29, 0.717) is 22.2 Å². The Morgan fingerprint density at radius 1 is 1.09 bits per heavy atom. The maximum absolute atomic E-state index is 12.9. The Bertz CT molecular complexity index is 1370. The minimum absolute atomic E-state index is 0.00550. The molecule has 158 valence electrons. The highest BCUT2D eigenvalue weighted by atomic mass is 35.5. The zero-order chi connectivity index (χ0) is 22.7. The van der Waals surface area contributed by atoms with Crippen LogP contribution in [0.15, 0.2) is 77.9 Å². The molecule has 1 heterocycles. The number of benzene rings is 3. The van der Waals surface area contributed by atoms with E-state index < -0.39 is 22.3 Å². The van der Waals surface area contributed by atoms with Gasteiger partial charge in [0, 0.05) is 27.6 Å². The summed E-state index contributed by atoms with van der Waals surface area (Å²) >= 11 is 5.87. The normalized spacial score (nSPS) is 11.0. The molecule has 4 aromatic rings. The summed E-state index contributed by atoms with van der Waals surface area (Å²) in [6.07, 6.45) is 1.09. The number of pyridine rings is 1. The first-order valence-corrected chi connectivity index (χ1v) is 9.77. The van der Waals surface area contributed by atoms with Gasteiger partial charge >= 0.3 is 5.69 Å². The van der Waals surface area contributed by atoms with E-state index in [1.165, 1.54) is 6.07 Å². The second-order valence-corrected chi connectivity index (χ2v) is 7.19. The van der Waals surface area contributed by atoms with Gasteiger partial charge in [-0.15, -0.1) is 0 Å². The molecule has 0 radical (unpaired) electrons. The van der Waals surface area contributed by atoms with Crippen LogP contribution in [0.1, 0.15) is 15.9 Å². The predicted octanol–water partition coefficient (Wildman–Crippen LogP) is 4.93. The number of rotatable bonds is 5. The third-order valence-electron chi connectivity index (χ3n) is 4.68. The molecule has 0 saturated heterocycles. The van der Waals surface area contributed by atoms with Crippen molar-refractivity contribution < 1.29 is 14.8 Å². The summed E-state index contributed by atoms with van der Waals surface area (Å²) in [5.41, 5.74) is 4.31. The van der Waals surface area contributed by atoms with Crippen LogP contribution in [-0.2, 0) is 0 Å². The Kier molecular flexibility index (Phi) is 5.78. The van der Waals surface area contributed by atoms with Gasteiger partial charge in [0.25, 0.3) is 5.91 Å². The SMILES string of the molecule is O=C(N/N=C/c1cc(Cl)cc([N+](=O)[O-])c1O)c1cc(-c2ccccc2)nc2ccccc12. The Morgan fingerprint density at radius 3 is 2.56 bits per heavy atom. The number of nitro groups is 1. The monoisotopic (exact) mass is 446 g/mol. The number of phenolic OH excluding ortho intramolecular Hbond substituents is 1. The molecule has 8 nitrogen and oxygen atoms in total. The van der Waals surface area contributed by atoms with E-state index in [0.717, 1.165) is 17.8 Å². The first-order valence-electron chi connectivity index (χ1n) is 9.39. The molecule has 3 aromatic carbocycles. The van der Waals surface area contributed by atoms with E-state index in [4.69, 9.17) is 11.6 Å². The van der Waals surface area contributed by atoms with Gasteiger partial charge in [-0.05, 0) is 18.2 Å². The zero-order valence-corrected chi connectivity index (χ0v) is 17.2.